The third-order valence-electron chi connectivity index (χ3n) is 1.54. The molecule has 0 atom stereocenters. The molecule has 15 heavy (non-hydrogen) atoms. The topological polar surface area (TPSA) is 78.6 Å². The first-order valence-electron chi connectivity index (χ1n) is 5.08. The summed E-state index contributed by atoms with van der Waals surface area (Å²) in [6.45, 7) is 6.33. The quantitative estimate of drug-likeness (QED) is 0.589. The van der Waals surface area contributed by atoms with E-state index in [2.05, 4.69) is 13.8 Å². The van der Waals surface area contributed by atoms with Gasteiger partial charge in [0.15, 0.2) is 0 Å². The van der Waals surface area contributed by atoms with E-state index in [0.717, 1.165) is 6.61 Å². The Morgan fingerprint density at radius 2 is 1.73 bits per heavy atom. The summed E-state index contributed by atoms with van der Waals surface area (Å²) in [5, 5.41) is 4.82. The first kappa shape index (κ1) is 14.8. The van der Waals surface area contributed by atoms with Crippen molar-refractivity contribution in [3.8, 4) is 0 Å². The molecule has 0 bridgehead atoms. The van der Waals surface area contributed by atoms with Crippen LogP contribution in [0.1, 0.15) is 20.3 Å². The fourth-order valence-corrected chi connectivity index (χ4v) is 1.42. The van der Waals surface area contributed by atoms with Crippen LogP contribution in [0.25, 0.3) is 0 Å². The van der Waals surface area contributed by atoms with Gasteiger partial charge in [-0.15, -0.1) is 0 Å². The van der Waals surface area contributed by atoms with Crippen LogP contribution in [0.5, 0.6) is 0 Å². The molecule has 0 aromatic heterocycles. The first-order valence-corrected chi connectivity index (χ1v) is 6.79. The third-order valence-corrected chi connectivity index (χ3v) is 2.40. The molecule has 0 aromatic carbocycles. The summed E-state index contributed by atoms with van der Waals surface area (Å²) in [5.41, 5.74) is 0. The summed E-state index contributed by atoms with van der Waals surface area (Å²) in [6, 6.07) is 0. The molecule has 2 N–H and O–H groups in total. The second-order valence-electron chi connectivity index (χ2n) is 3.80. The van der Waals surface area contributed by atoms with Gasteiger partial charge in [-0.2, -0.15) is 0 Å². The fraction of sp³-hybridized carbons (Fsp3) is 1.00. The van der Waals surface area contributed by atoms with E-state index >= 15 is 0 Å². The minimum Gasteiger partial charge on any atom is -0.379 e. The maximum absolute atomic E-state index is 10.5. The SMILES string of the molecule is CC(C)COCCOCCCS(N)(=O)=O. The number of nitrogens with two attached hydrogens (primary N) is 1. The summed E-state index contributed by atoms with van der Waals surface area (Å²) in [7, 11) is -3.34. The first-order chi connectivity index (χ1) is 6.92. The summed E-state index contributed by atoms with van der Waals surface area (Å²) in [6.07, 6.45) is 0.434. The Labute approximate surface area is 92.0 Å². The van der Waals surface area contributed by atoms with Crippen molar-refractivity contribution >= 4 is 10.0 Å². The van der Waals surface area contributed by atoms with E-state index in [1.807, 2.05) is 0 Å². The van der Waals surface area contributed by atoms with Gasteiger partial charge in [-0.05, 0) is 12.3 Å². The minimum absolute atomic E-state index is 0.0279. The Hall–Kier alpha value is -0.170. The van der Waals surface area contributed by atoms with Crippen LogP contribution in [-0.4, -0.2) is 40.6 Å². The van der Waals surface area contributed by atoms with Crippen LogP contribution >= 0.6 is 0 Å². The summed E-state index contributed by atoms with van der Waals surface area (Å²) < 4.78 is 31.5. The van der Waals surface area contributed by atoms with Crippen LogP contribution in [-0.2, 0) is 19.5 Å². The van der Waals surface area contributed by atoms with Crippen molar-refractivity contribution in [3.63, 3.8) is 0 Å². The monoisotopic (exact) mass is 239 g/mol. The third kappa shape index (κ3) is 13.8. The van der Waals surface area contributed by atoms with Gasteiger partial charge in [-0.3, -0.25) is 0 Å². The highest BCUT2D eigenvalue weighted by molar-refractivity contribution is 7.89. The molecule has 0 unspecified atom stereocenters. The van der Waals surface area contributed by atoms with Crippen molar-refractivity contribution < 1.29 is 17.9 Å². The molecule has 5 nitrogen and oxygen atoms in total. The lowest BCUT2D eigenvalue weighted by molar-refractivity contribution is 0.0381. The van der Waals surface area contributed by atoms with E-state index < -0.39 is 10.0 Å². The van der Waals surface area contributed by atoms with Gasteiger partial charge < -0.3 is 9.47 Å². The molecule has 0 aliphatic rings. The molecule has 0 spiro atoms. The van der Waals surface area contributed by atoms with Crippen LogP contribution in [0, 0.1) is 5.92 Å². The van der Waals surface area contributed by atoms with Gasteiger partial charge in [-0.1, -0.05) is 13.8 Å². The lowest BCUT2D eigenvalue weighted by atomic mass is 10.2. The molecule has 0 aliphatic heterocycles. The number of primary sulfonamides is 1. The second kappa shape index (κ2) is 8.04. The van der Waals surface area contributed by atoms with E-state index in [4.69, 9.17) is 14.6 Å². The summed E-state index contributed by atoms with van der Waals surface area (Å²) in [4.78, 5) is 0. The van der Waals surface area contributed by atoms with E-state index in [9.17, 15) is 8.42 Å². The Morgan fingerprint density at radius 3 is 2.27 bits per heavy atom. The standard InChI is InChI=1S/C9H21NO4S/c1-9(2)8-14-6-5-13-4-3-7-15(10,11)12/h9H,3-8H2,1-2H3,(H2,10,11,12). The van der Waals surface area contributed by atoms with Crippen LogP contribution in [0.3, 0.4) is 0 Å². The maximum Gasteiger partial charge on any atom is 0.209 e. The highest BCUT2D eigenvalue weighted by atomic mass is 32.2. The Balaban J connectivity index is 3.12. The number of ether oxygens (including phenoxy) is 2. The summed E-state index contributed by atoms with van der Waals surface area (Å²) >= 11 is 0. The van der Waals surface area contributed by atoms with Crippen LogP contribution in [0.4, 0.5) is 0 Å². The van der Waals surface area contributed by atoms with Crippen LogP contribution < -0.4 is 5.14 Å². The van der Waals surface area contributed by atoms with Gasteiger partial charge in [0.2, 0.25) is 10.0 Å². The normalized spacial score (nSPS) is 12.3. The second-order valence-corrected chi connectivity index (χ2v) is 5.54. The predicted molar refractivity (Wildman–Crippen MR) is 59.1 cm³/mol. The minimum atomic E-state index is -3.34. The van der Waals surface area contributed by atoms with Gasteiger partial charge in [-0.25, -0.2) is 13.6 Å². The lowest BCUT2D eigenvalue weighted by Gasteiger charge is -2.07. The molecule has 0 saturated heterocycles. The molecule has 0 fully saturated rings. The molecule has 0 radical (unpaired) electrons. The largest absolute Gasteiger partial charge is 0.379 e. The Morgan fingerprint density at radius 1 is 1.13 bits per heavy atom. The van der Waals surface area contributed by atoms with Gasteiger partial charge in [0, 0.05) is 13.2 Å². The van der Waals surface area contributed by atoms with E-state index in [-0.39, 0.29) is 5.75 Å². The zero-order valence-electron chi connectivity index (χ0n) is 9.44. The van der Waals surface area contributed by atoms with Crippen molar-refractivity contribution in [1.29, 1.82) is 0 Å². The molecule has 0 aromatic rings. The lowest BCUT2D eigenvalue weighted by Crippen LogP contribution is -2.18. The number of rotatable bonds is 9. The van der Waals surface area contributed by atoms with E-state index in [1.54, 1.807) is 0 Å². The van der Waals surface area contributed by atoms with Crippen LogP contribution in [0.2, 0.25) is 0 Å². The highest BCUT2D eigenvalue weighted by Crippen LogP contribution is 1.92. The van der Waals surface area contributed by atoms with Crippen molar-refractivity contribution in [2.75, 3.05) is 32.2 Å². The van der Waals surface area contributed by atoms with Crippen molar-refractivity contribution in [2.45, 2.75) is 20.3 Å². The van der Waals surface area contributed by atoms with Gasteiger partial charge in [0.1, 0.15) is 0 Å². The molecule has 0 saturated carbocycles. The highest BCUT2D eigenvalue weighted by Gasteiger charge is 2.01. The number of hydrogen-bond acceptors (Lipinski definition) is 4. The maximum atomic E-state index is 10.5. The summed E-state index contributed by atoms with van der Waals surface area (Å²) in [5.74, 6) is 0.493. The predicted octanol–water partition coefficient (Wildman–Crippen LogP) is 0.354. The molecule has 6 heteroatoms. The molecule has 0 amide bonds. The molecular weight excluding hydrogens is 218 g/mol. The van der Waals surface area contributed by atoms with Crippen LogP contribution in [0.15, 0.2) is 0 Å². The van der Waals surface area contributed by atoms with Gasteiger partial charge >= 0.3 is 0 Å². The van der Waals surface area contributed by atoms with E-state index in [0.29, 0.717) is 32.2 Å². The van der Waals surface area contributed by atoms with E-state index in [1.165, 1.54) is 0 Å². The molecule has 0 heterocycles. The van der Waals surface area contributed by atoms with Crippen molar-refractivity contribution in [1.82, 2.24) is 0 Å². The fourth-order valence-electron chi connectivity index (χ4n) is 0.901. The average Bonchev–Trinajstić information content (AvgIpc) is 2.07. The molecule has 0 aliphatic carbocycles. The Bertz CT molecular complexity index is 238. The zero-order valence-corrected chi connectivity index (χ0v) is 10.3. The smallest absolute Gasteiger partial charge is 0.209 e. The van der Waals surface area contributed by atoms with Crippen molar-refractivity contribution in [2.24, 2.45) is 11.1 Å². The number of sulfonamides is 1. The van der Waals surface area contributed by atoms with Gasteiger partial charge in [0.25, 0.3) is 0 Å². The molecular formula is C9H21NO4S. The van der Waals surface area contributed by atoms with Gasteiger partial charge in [0.05, 0.1) is 19.0 Å². The van der Waals surface area contributed by atoms with Crippen molar-refractivity contribution in [3.05, 3.63) is 0 Å². The number of hydrogen-bond donors (Lipinski definition) is 1. The Kier molecular flexibility index (Phi) is 7.95. The molecule has 92 valence electrons. The zero-order chi connectivity index (χ0) is 11.7. The molecule has 0 rings (SSSR count). The average molecular weight is 239 g/mol.